The van der Waals surface area contributed by atoms with Gasteiger partial charge in [-0.15, -0.1) is 0 Å². The largest absolute Gasteiger partial charge is 0.0990 e. The maximum atomic E-state index is 4.08. The van der Waals surface area contributed by atoms with Gasteiger partial charge in [0.25, 0.3) is 0 Å². The Morgan fingerprint density at radius 3 is 1.79 bits per heavy atom. The zero-order valence-corrected chi connectivity index (χ0v) is 23.8. The highest BCUT2D eigenvalue weighted by Crippen LogP contribution is 2.33. The van der Waals surface area contributed by atoms with Crippen LogP contribution in [-0.2, 0) is 0 Å². The summed E-state index contributed by atoms with van der Waals surface area (Å²) in [5.74, 6) is 0. The third kappa shape index (κ3) is 5.80. The van der Waals surface area contributed by atoms with Crippen LogP contribution < -0.4 is 0 Å². The van der Waals surface area contributed by atoms with E-state index >= 15 is 0 Å². The molecule has 0 spiro atoms. The maximum Gasteiger partial charge on any atom is -0.00992 e. The third-order valence-electron chi connectivity index (χ3n) is 7.81. The normalized spacial score (nSPS) is 14.2. The van der Waals surface area contributed by atoms with Gasteiger partial charge in [-0.3, -0.25) is 0 Å². The van der Waals surface area contributed by atoms with Crippen molar-refractivity contribution in [2.24, 2.45) is 0 Å². The van der Waals surface area contributed by atoms with Crippen molar-refractivity contribution in [3.63, 3.8) is 0 Å². The van der Waals surface area contributed by atoms with Crippen LogP contribution in [-0.4, -0.2) is 0 Å². The Morgan fingerprint density at radius 1 is 0.619 bits per heavy atom. The van der Waals surface area contributed by atoms with Gasteiger partial charge in [-0.25, -0.2) is 0 Å². The highest BCUT2D eigenvalue weighted by molar-refractivity contribution is 6.09. The monoisotopic (exact) mass is 538 g/mol. The van der Waals surface area contributed by atoms with Crippen LogP contribution in [0.25, 0.3) is 44.8 Å². The van der Waals surface area contributed by atoms with E-state index in [1.165, 1.54) is 43.8 Å². The minimum Gasteiger partial charge on any atom is -0.0990 e. The molecular formula is C42H34. The van der Waals surface area contributed by atoms with E-state index in [-0.39, 0.29) is 0 Å². The van der Waals surface area contributed by atoms with E-state index in [0.717, 1.165) is 35.1 Å². The second kappa shape index (κ2) is 12.5. The number of rotatable bonds is 8. The van der Waals surface area contributed by atoms with Crippen molar-refractivity contribution in [1.82, 2.24) is 0 Å². The van der Waals surface area contributed by atoms with Gasteiger partial charge in [0.05, 0.1) is 0 Å². The van der Waals surface area contributed by atoms with Crippen LogP contribution in [0, 0.1) is 0 Å². The minimum atomic E-state index is 1.04. The Labute approximate surface area is 249 Å². The van der Waals surface area contributed by atoms with Crippen molar-refractivity contribution < 1.29 is 0 Å². The molecule has 0 fully saturated rings. The summed E-state index contributed by atoms with van der Waals surface area (Å²) in [4.78, 5) is 0. The molecule has 1 aliphatic carbocycles. The van der Waals surface area contributed by atoms with Crippen molar-refractivity contribution in [2.75, 3.05) is 0 Å². The van der Waals surface area contributed by atoms with Gasteiger partial charge in [-0.2, -0.15) is 0 Å². The molecule has 0 radical (unpaired) electrons. The van der Waals surface area contributed by atoms with Crippen molar-refractivity contribution in [3.05, 3.63) is 192 Å². The molecule has 0 saturated carbocycles. The topological polar surface area (TPSA) is 0 Å². The lowest BCUT2D eigenvalue weighted by molar-refractivity contribution is 1.03. The Bertz CT molecular complexity index is 1920. The molecule has 0 N–H and O–H groups in total. The van der Waals surface area contributed by atoms with E-state index in [1.807, 2.05) is 24.3 Å². The SMILES string of the molecule is C=C/C=C(C=C)/C(=C/c1ccc2ccc3ccc(/C=C(/C4=CCCC=C4)c4ccccc4)cc3c2c1)c1ccccc1. The highest BCUT2D eigenvalue weighted by Gasteiger charge is 2.10. The van der Waals surface area contributed by atoms with Gasteiger partial charge in [0.15, 0.2) is 0 Å². The lowest BCUT2D eigenvalue weighted by Crippen LogP contribution is -1.92. The summed E-state index contributed by atoms with van der Waals surface area (Å²) in [6.45, 7) is 8.00. The molecule has 6 rings (SSSR count). The summed E-state index contributed by atoms with van der Waals surface area (Å²) in [6.07, 6.45) is 19.4. The molecule has 0 saturated heterocycles. The smallest absolute Gasteiger partial charge is 0.00992 e. The van der Waals surface area contributed by atoms with Crippen LogP contribution in [0.3, 0.4) is 0 Å². The molecule has 0 bridgehead atoms. The van der Waals surface area contributed by atoms with Crippen LogP contribution in [0.5, 0.6) is 0 Å². The summed E-state index contributed by atoms with van der Waals surface area (Å²) in [5.41, 5.74) is 9.44. The Balaban J connectivity index is 1.50. The van der Waals surface area contributed by atoms with Crippen LogP contribution >= 0.6 is 0 Å². The average Bonchev–Trinajstić information content (AvgIpc) is 3.06. The van der Waals surface area contributed by atoms with Gasteiger partial charge in [0.1, 0.15) is 0 Å². The predicted octanol–water partition coefficient (Wildman–Crippen LogP) is 11.6. The number of benzene rings is 5. The maximum absolute atomic E-state index is 4.08. The summed E-state index contributed by atoms with van der Waals surface area (Å²) < 4.78 is 0. The summed E-state index contributed by atoms with van der Waals surface area (Å²) >= 11 is 0. The zero-order valence-electron chi connectivity index (χ0n) is 23.8. The van der Waals surface area contributed by atoms with Gasteiger partial charge in [0, 0.05) is 0 Å². The molecule has 0 atom stereocenters. The zero-order chi connectivity index (χ0) is 28.7. The van der Waals surface area contributed by atoms with Gasteiger partial charge in [-0.05, 0) is 103 Å². The van der Waals surface area contributed by atoms with Gasteiger partial charge in [0.2, 0.25) is 0 Å². The lowest BCUT2D eigenvalue weighted by Gasteiger charge is -2.14. The summed E-state index contributed by atoms with van der Waals surface area (Å²) in [5, 5.41) is 4.97. The molecule has 42 heavy (non-hydrogen) atoms. The van der Waals surface area contributed by atoms with E-state index in [2.05, 4.69) is 147 Å². The van der Waals surface area contributed by atoms with E-state index in [0.29, 0.717) is 0 Å². The quantitative estimate of drug-likeness (QED) is 0.105. The Hall–Kier alpha value is -5.20. The van der Waals surface area contributed by atoms with E-state index in [1.54, 1.807) is 0 Å². The molecule has 0 amide bonds. The third-order valence-corrected chi connectivity index (χ3v) is 7.81. The minimum absolute atomic E-state index is 1.04. The van der Waals surface area contributed by atoms with Crippen LogP contribution in [0.1, 0.15) is 35.1 Å². The Morgan fingerprint density at radius 2 is 1.21 bits per heavy atom. The Kier molecular flexibility index (Phi) is 8.06. The number of hydrogen-bond acceptors (Lipinski definition) is 0. The molecule has 0 heterocycles. The van der Waals surface area contributed by atoms with Crippen LogP contribution in [0.2, 0.25) is 0 Å². The molecule has 0 heteroatoms. The first-order valence-corrected chi connectivity index (χ1v) is 14.6. The van der Waals surface area contributed by atoms with Gasteiger partial charge < -0.3 is 0 Å². The molecule has 0 aliphatic heterocycles. The molecule has 0 aromatic heterocycles. The first-order chi connectivity index (χ1) is 20.7. The number of fused-ring (bicyclic) bond motifs is 3. The van der Waals surface area contributed by atoms with Gasteiger partial charge >= 0.3 is 0 Å². The second-order valence-electron chi connectivity index (χ2n) is 10.6. The number of allylic oxidation sites excluding steroid dienone is 10. The molecule has 0 nitrogen and oxygen atoms in total. The molecule has 5 aromatic carbocycles. The predicted molar refractivity (Wildman–Crippen MR) is 185 cm³/mol. The molecule has 1 aliphatic rings. The van der Waals surface area contributed by atoms with Crippen molar-refractivity contribution >= 4 is 44.8 Å². The second-order valence-corrected chi connectivity index (χ2v) is 10.6. The van der Waals surface area contributed by atoms with Crippen molar-refractivity contribution in [2.45, 2.75) is 12.8 Å². The van der Waals surface area contributed by atoms with E-state index < -0.39 is 0 Å². The highest BCUT2D eigenvalue weighted by atomic mass is 14.1. The van der Waals surface area contributed by atoms with Crippen LogP contribution in [0.15, 0.2) is 170 Å². The molecular weight excluding hydrogens is 504 g/mol. The first kappa shape index (κ1) is 27.0. The fraction of sp³-hybridized carbons (Fsp3) is 0.0476. The van der Waals surface area contributed by atoms with E-state index in [9.17, 15) is 0 Å². The molecule has 202 valence electrons. The van der Waals surface area contributed by atoms with Gasteiger partial charge in [-0.1, -0.05) is 147 Å². The fourth-order valence-electron chi connectivity index (χ4n) is 5.71. The lowest BCUT2D eigenvalue weighted by atomic mass is 9.91. The molecule has 0 unspecified atom stereocenters. The number of hydrogen-bond donors (Lipinski definition) is 0. The first-order valence-electron chi connectivity index (χ1n) is 14.6. The van der Waals surface area contributed by atoms with Crippen molar-refractivity contribution in [1.29, 1.82) is 0 Å². The average molecular weight is 539 g/mol. The van der Waals surface area contributed by atoms with E-state index in [4.69, 9.17) is 0 Å². The molecule has 5 aromatic rings. The summed E-state index contributed by atoms with van der Waals surface area (Å²) in [6, 6.07) is 39.2. The van der Waals surface area contributed by atoms with Crippen LogP contribution in [0.4, 0.5) is 0 Å². The summed E-state index contributed by atoms with van der Waals surface area (Å²) in [7, 11) is 0. The van der Waals surface area contributed by atoms with Crippen molar-refractivity contribution in [3.8, 4) is 0 Å². The fourth-order valence-corrected chi connectivity index (χ4v) is 5.71. The standard InChI is InChI=1S/C42H34/c1-3-14-33(4-2)39(34-15-8-5-9-16-34)27-31-21-23-37-25-26-38-24-22-32(30-42(38)41(37)29-31)28-40(35-17-10-6-11-18-35)36-19-12-7-13-20-36/h3-6,8-12,14-30H,1-2,7,13H2/b33-14+,39-27-,40-28+.